The molecule has 0 bridgehead atoms. The van der Waals surface area contributed by atoms with Crippen molar-refractivity contribution in [2.75, 3.05) is 61.2 Å². The summed E-state index contributed by atoms with van der Waals surface area (Å²) in [4.78, 5) is 4.66. The van der Waals surface area contributed by atoms with Gasteiger partial charge in [0.15, 0.2) is 0 Å². The highest BCUT2D eigenvalue weighted by Crippen LogP contribution is 2.30. The average molecular weight is 308 g/mol. The van der Waals surface area contributed by atoms with Crippen molar-refractivity contribution in [2.45, 2.75) is 6.54 Å². The lowest BCUT2D eigenvalue weighted by atomic mass is 10.1. The molecule has 1 aliphatic rings. The van der Waals surface area contributed by atoms with E-state index in [4.69, 9.17) is 14.2 Å². The van der Waals surface area contributed by atoms with Crippen LogP contribution in [0.3, 0.4) is 0 Å². The molecule has 0 aromatic heterocycles. The summed E-state index contributed by atoms with van der Waals surface area (Å²) in [7, 11) is 7.63. The molecule has 0 amide bonds. The minimum atomic E-state index is 0.526. The Balaban J connectivity index is 2.11. The number of hydrogen-bond donors (Lipinski definition) is 0. The number of nitrogens with zero attached hydrogens (tertiary/aromatic N) is 2. The normalized spacial score (nSPS) is 20.0. The lowest BCUT2D eigenvalue weighted by Crippen LogP contribution is -2.34. The van der Waals surface area contributed by atoms with Gasteiger partial charge in [0.05, 0.1) is 33.0 Å². The molecule has 0 N–H and O–H groups in total. The van der Waals surface area contributed by atoms with Gasteiger partial charge < -0.3 is 19.1 Å². The monoisotopic (exact) mass is 308 g/mol. The van der Waals surface area contributed by atoms with Gasteiger partial charge in [0.25, 0.3) is 0 Å². The van der Waals surface area contributed by atoms with Crippen LogP contribution in [-0.2, 0) is 11.3 Å². The Bertz CT molecular complexity index is 443. The van der Waals surface area contributed by atoms with Crippen LogP contribution in [0.1, 0.15) is 5.56 Å². The Morgan fingerprint density at radius 2 is 1.91 bits per heavy atom. The molecule has 0 radical (unpaired) electrons. The summed E-state index contributed by atoms with van der Waals surface area (Å²) in [5.41, 5.74) is 1.11. The van der Waals surface area contributed by atoms with Crippen molar-refractivity contribution >= 4 is 0 Å². The van der Waals surface area contributed by atoms with Gasteiger partial charge >= 0.3 is 0 Å². The highest BCUT2D eigenvalue weighted by Gasteiger charge is 2.21. The van der Waals surface area contributed by atoms with Crippen molar-refractivity contribution in [3.63, 3.8) is 0 Å². The van der Waals surface area contributed by atoms with E-state index in [1.165, 1.54) is 0 Å². The van der Waals surface area contributed by atoms with Crippen LogP contribution in [0.2, 0.25) is 0 Å². The number of benzene rings is 1. The fourth-order valence-corrected chi connectivity index (χ4v) is 3.03. The molecule has 22 heavy (non-hydrogen) atoms. The van der Waals surface area contributed by atoms with Crippen molar-refractivity contribution < 1.29 is 14.2 Å². The third-order valence-electron chi connectivity index (χ3n) is 3.96. The van der Waals surface area contributed by atoms with Gasteiger partial charge in [-0.05, 0) is 26.2 Å². The zero-order valence-electron chi connectivity index (χ0n) is 14.2. The average Bonchev–Trinajstić information content (AvgIpc) is 2.72. The maximum atomic E-state index is 5.76. The van der Waals surface area contributed by atoms with E-state index >= 15 is 0 Å². The molecule has 1 saturated heterocycles. The lowest BCUT2D eigenvalue weighted by molar-refractivity contribution is 0.112. The summed E-state index contributed by atoms with van der Waals surface area (Å²) in [6.07, 6.45) is 0. The molecule has 0 aliphatic carbocycles. The summed E-state index contributed by atoms with van der Waals surface area (Å²) < 4.78 is 16.8. The van der Waals surface area contributed by atoms with Crippen LogP contribution in [0.4, 0.5) is 0 Å². The Kier molecular flexibility index (Phi) is 6.49. The molecule has 1 atom stereocenters. The second-order valence-electron chi connectivity index (χ2n) is 6.08. The van der Waals surface area contributed by atoms with Gasteiger partial charge in [0, 0.05) is 32.1 Å². The highest BCUT2D eigenvalue weighted by molar-refractivity contribution is 5.44. The van der Waals surface area contributed by atoms with Gasteiger partial charge in [-0.25, -0.2) is 0 Å². The van der Waals surface area contributed by atoms with E-state index in [-0.39, 0.29) is 0 Å². The van der Waals surface area contributed by atoms with Crippen molar-refractivity contribution in [2.24, 2.45) is 5.92 Å². The summed E-state index contributed by atoms with van der Waals surface area (Å²) in [6, 6.07) is 5.94. The fourth-order valence-electron chi connectivity index (χ4n) is 3.03. The predicted octanol–water partition coefficient (Wildman–Crippen LogP) is 1.71. The first-order chi connectivity index (χ1) is 10.6. The van der Waals surface area contributed by atoms with Crippen molar-refractivity contribution in [3.8, 4) is 11.5 Å². The first-order valence-electron chi connectivity index (χ1n) is 7.78. The molecule has 5 nitrogen and oxygen atoms in total. The lowest BCUT2D eigenvalue weighted by Gasteiger charge is -2.26. The molecular formula is C17H28N2O3. The zero-order chi connectivity index (χ0) is 15.9. The summed E-state index contributed by atoms with van der Waals surface area (Å²) >= 11 is 0. The molecule has 1 aromatic rings. The van der Waals surface area contributed by atoms with Crippen molar-refractivity contribution in [1.82, 2.24) is 9.80 Å². The van der Waals surface area contributed by atoms with Gasteiger partial charge in [-0.15, -0.1) is 0 Å². The van der Waals surface area contributed by atoms with E-state index in [0.29, 0.717) is 5.92 Å². The Hall–Kier alpha value is -1.30. The smallest absolute Gasteiger partial charge is 0.127 e. The molecule has 1 unspecified atom stereocenters. The molecule has 2 rings (SSSR count). The molecule has 0 saturated carbocycles. The summed E-state index contributed by atoms with van der Waals surface area (Å²) in [5.74, 6) is 2.29. The molecule has 1 aliphatic heterocycles. The molecule has 5 heteroatoms. The molecular weight excluding hydrogens is 280 g/mol. The number of hydrogen-bond acceptors (Lipinski definition) is 5. The van der Waals surface area contributed by atoms with Gasteiger partial charge in [0.1, 0.15) is 11.5 Å². The Morgan fingerprint density at radius 3 is 2.50 bits per heavy atom. The maximum absolute atomic E-state index is 5.76. The first kappa shape index (κ1) is 17.1. The Morgan fingerprint density at radius 1 is 1.23 bits per heavy atom. The van der Waals surface area contributed by atoms with Gasteiger partial charge in [-0.1, -0.05) is 6.07 Å². The topological polar surface area (TPSA) is 34.2 Å². The third-order valence-corrected chi connectivity index (χ3v) is 3.96. The fraction of sp³-hybridized carbons (Fsp3) is 0.647. The van der Waals surface area contributed by atoms with Crippen molar-refractivity contribution in [3.05, 3.63) is 23.8 Å². The molecule has 0 spiro atoms. The van der Waals surface area contributed by atoms with Crippen LogP contribution >= 0.6 is 0 Å². The first-order valence-corrected chi connectivity index (χ1v) is 7.78. The van der Waals surface area contributed by atoms with Gasteiger partial charge in [0.2, 0.25) is 0 Å². The van der Waals surface area contributed by atoms with Crippen molar-refractivity contribution in [1.29, 1.82) is 0 Å². The molecule has 124 valence electrons. The van der Waals surface area contributed by atoms with E-state index in [9.17, 15) is 0 Å². The molecule has 1 fully saturated rings. The van der Waals surface area contributed by atoms with E-state index in [2.05, 4.69) is 23.9 Å². The highest BCUT2D eigenvalue weighted by atomic mass is 16.5. The third kappa shape index (κ3) is 4.60. The maximum Gasteiger partial charge on any atom is 0.127 e. The summed E-state index contributed by atoms with van der Waals surface area (Å²) in [6.45, 7) is 5.43. The standard InChI is InChI=1S/C17H28N2O3/c1-18(2)10-14-11-19(8-9-22-13-14)12-15-16(20-3)6-5-7-17(15)21-4/h5-7,14H,8-13H2,1-4H3. The van der Waals surface area contributed by atoms with Crippen LogP contribution < -0.4 is 9.47 Å². The van der Waals surface area contributed by atoms with Crippen LogP contribution in [0.5, 0.6) is 11.5 Å². The van der Waals surface area contributed by atoms with E-state index in [1.807, 2.05) is 18.2 Å². The van der Waals surface area contributed by atoms with E-state index in [1.54, 1.807) is 14.2 Å². The molecule has 1 aromatic carbocycles. The van der Waals surface area contributed by atoms with Crippen LogP contribution in [0.25, 0.3) is 0 Å². The Labute approximate surface area is 133 Å². The van der Waals surface area contributed by atoms with E-state index in [0.717, 1.165) is 56.5 Å². The van der Waals surface area contributed by atoms with Crippen LogP contribution in [0.15, 0.2) is 18.2 Å². The second-order valence-corrected chi connectivity index (χ2v) is 6.08. The van der Waals surface area contributed by atoms with Crippen LogP contribution in [0, 0.1) is 5.92 Å². The number of ether oxygens (including phenoxy) is 3. The quantitative estimate of drug-likeness (QED) is 0.799. The van der Waals surface area contributed by atoms with E-state index < -0.39 is 0 Å². The zero-order valence-corrected chi connectivity index (χ0v) is 14.2. The number of rotatable bonds is 6. The SMILES string of the molecule is COc1cccc(OC)c1CN1CCOCC(CN(C)C)C1. The number of methoxy groups -OCH3 is 2. The predicted molar refractivity (Wildman–Crippen MR) is 87.7 cm³/mol. The largest absolute Gasteiger partial charge is 0.496 e. The van der Waals surface area contributed by atoms with Crippen LogP contribution in [-0.4, -0.2) is 71.0 Å². The molecule has 1 heterocycles. The minimum Gasteiger partial charge on any atom is -0.496 e. The van der Waals surface area contributed by atoms with Gasteiger partial charge in [-0.2, -0.15) is 0 Å². The van der Waals surface area contributed by atoms with Gasteiger partial charge in [-0.3, -0.25) is 4.90 Å². The second kappa shape index (κ2) is 8.36. The minimum absolute atomic E-state index is 0.526. The summed E-state index contributed by atoms with van der Waals surface area (Å²) in [5, 5.41) is 0.